The van der Waals surface area contributed by atoms with Crippen molar-refractivity contribution < 1.29 is 14.6 Å². The Morgan fingerprint density at radius 1 is 1.19 bits per heavy atom. The lowest BCUT2D eigenvalue weighted by molar-refractivity contribution is -0.155. The number of carbonyl (C=O) groups is 1. The van der Waals surface area contributed by atoms with Gasteiger partial charge in [0.2, 0.25) is 0 Å². The first kappa shape index (κ1) is 29.4. The zero-order valence-electron chi connectivity index (χ0n) is 22.4. The molecular formula is C29H41N3O3S2. The van der Waals surface area contributed by atoms with Gasteiger partial charge in [-0.05, 0) is 88.1 Å². The van der Waals surface area contributed by atoms with Crippen LogP contribution in [0.1, 0.15) is 58.1 Å². The van der Waals surface area contributed by atoms with Crippen molar-refractivity contribution >= 4 is 45.3 Å². The minimum Gasteiger partial charge on any atom is -0.460 e. The molecule has 0 amide bonds. The standard InChI is InChI=1S/C29H41N3O3S2/c1-19(13-22-15-23-26(16-25(22)36)37-28(30)32-23)17-31-18-24(33)21(14-20-9-6-5-7-10-20)11-8-12-27(34)35-29(2,3)4/h5-7,9-10,15-16,19,21,24,31,33,36H,8,11-14,17-18H2,1-4H3,(H2,30,32)/t19?,21-,24+/m0/s1. The molecule has 0 bridgehead atoms. The molecule has 0 radical (unpaired) electrons. The van der Waals surface area contributed by atoms with Crippen LogP contribution < -0.4 is 11.1 Å². The lowest BCUT2D eigenvalue weighted by Crippen LogP contribution is -2.36. The number of nitrogens with zero attached hydrogens (tertiary/aromatic N) is 1. The van der Waals surface area contributed by atoms with Gasteiger partial charge in [-0.3, -0.25) is 4.79 Å². The van der Waals surface area contributed by atoms with Crippen molar-refractivity contribution in [1.29, 1.82) is 0 Å². The van der Waals surface area contributed by atoms with Gasteiger partial charge in [-0.1, -0.05) is 48.6 Å². The summed E-state index contributed by atoms with van der Waals surface area (Å²) in [4.78, 5) is 17.5. The van der Waals surface area contributed by atoms with E-state index in [-0.39, 0.29) is 11.9 Å². The number of nitrogens with two attached hydrogens (primary N) is 1. The summed E-state index contributed by atoms with van der Waals surface area (Å²) >= 11 is 6.15. The zero-order valence-corrected chi connectivity index (χ0v) is 24.1. The van der Waals surface area contributed by atoms with Crippen LogP contribution in [-0.4, -0.2) is 40.9 Å². The van der Waals surface area contributed by atoms with E-state index >= 15 is 0 Å². The van der Waals surface area contributed by atoms with Crippen LogP contribution in [0.4, 0.5) is 5.13 Å². The molecule has 0 saturated heterocycles. The van der Waals surface area contributed by atoms with Crippen molar-refractivity contribution in [3.8, 4) is 0 Å². The minimum atomic E-state index is -0.513. The molecule has 37 heavy (non-hydrogen) atoms. The number of nitrogens with one attached hydrogen (secondary N) is 1. The number of carbonyl (C=O) groups excluding carboxylic acids is 1. The van der Waals surface area contributed by atoms with Gasteiger partial charge in [-0.15, -0.1) is 12.6 Å². The van der Waals surface area contributed by atoms with Gasteiger partial charge in [0.25, 0.3) is 0 Å². The van der Waals surface area contributed by atoms with Gasteiger partial charge >= 0.3 is 5.97 Å². The third kappa shape index (κ3) is 9.93. The Labute approximate surface area is 230 Å². The van der Waals surface area contributed by atoms with Crippen LogP contribution in [0.15, 0.2) is 47.4 Å². The molecule has 4 N–H and O–H groups in total. The van der Waals surface area contributed by atoms with Crippen molar-refractivity contribution in [2.24, 2.45) is 11.8 Å². The summed E-state index contributed by atoms with van der Waals surface area (Å²) in [5, 5.41) is 15.1. The summed E-state index contributed by atoms with van der Waals surface area (Å²) < 4.78 is 6.49. The van der Waals surface area contributed by atoms with Crippen molar-refractivity contribution in [1.82, 2.24) is 10.3 Å². The topological polar surface area (TPSA) is 97.5 Å². The number of rotatable bonds is 13. The molecular weight excluding hydrogens is 502 g/mol. The Kier molecular flexibility index (Phi) is 10.8. The van der Waals surface area contributed by atoms with E-state index in [0.29, 0.717) is 30.4 Å². The first-order valence-electron chi connectivity index (χ1n) is 13.0. The number of esters is 1. The molecule has 3 rings (SSSR count). The number of thiazole rings is 1. The van der Waals surface area contributed by atoms with E-state index < -0.39 is 11.7 Å². The highest BCUT2D eigenvalue weighted by atomic mass is 32.1. The normalized spacial score (nSPS) is 14.4. The molecule has 1 heterocycles. The second-order valence-corrected chi connectivity index (χ2v) is 12.5. The fourth-order valence-electron chi connectivity index (χ4n) is 4.53. The number of hydrogen-bond donors (Lipinski definition) is 4. The van der Waals surface area contributed by atoms with Gasteiger partial charge < -0.3 is 20.9 Å². The largest absolute Gasteiger partial charge is 0.460 e. The third-order valence-corrected chi connectivity index (χ3v) is 7.54. The number of aliphatic hydroxyl groups excluding tert-OH is 1. The Balaban J connectivity index is 1.51. The van der Waals surface area contributed by atoms with Crippen molar-refractivity contribution in [3.05, 3.63) is 53.6 Å². The number of aromatic nitrogens is 1. The van der Waals surface area contributed by atoms with Gasteiger partial charge in [0, 0.05) is 17.9 Å². The lowest BCUT2D eigenvalue weighted by atomic mass is 9.89. The predicted octanol–water partition coefficient (Wildman–Crippen LogP) is 5.67. The molecule has 0 aliphatic carbocycles. The van der Waals surface area contributed by atoms with E-state index in [1.54, 1.807) is 0 Å². The first-order chi connectivity index (χ1) is 17.5. The van der Waals surface area contributed by atoms with Gasteiger partial charge in [-0.2, -0.15) is 0 Å². The maximum absolute atomic E-state index is 12.2. The number of ether oxygens (including phenoxy) is 1. The third-order valence-electron chi connectivity index (χ3n) is 6.28. The highest BCUT2D eigenvalue weighted by molar-refractivity contribution is 7.80. The van der Waals surface area contributed by atoms with E-state index in [9.17, 15) is 9.90 Å². The molecule has 202 valence electrons. The van der Waals surface area contributed by atoms with Gasteiger partial charge in [0.1, 0.15) is 5.60 Å². The SMILES string of the molecule is CC(CNC[C@@H](O)[C@@H](CCCC(=O)OC(C)(C)C)Cc1ccccc1)Cc1cc2nc(N)sc2cc1S. The van der Waals surface area contributed by atoms with E-state index in [1.807, 2.05) is 45.0 Å². The van der Waals surface area contributed by atoms with E-state index in [1.165, 1.54) is 16.9 Å². The van der Waals surface area contributed by atoms with Gasteiger partial charge in [0.05, 0.1) is 16.3 Å². The molecule has 0 spiro atoms. The molecule has 0 aliphatic rings. The second-order valence-electron chi connectivity index (χ2n) is 11.0. The summed E-state index contributed by atoms with van der Waals surface area (Å²) in [6.07, 6.45) is 2.92. The number of benzene rings is 2. The number of fused-ring (bicyclic) bond motifs is 1. The Bertz CT molecular complexity index is 1140. The zero-order chi connectivity index (χ0) is 27.0. The second kappa shape index (κ2) is 13.6. The fraction of sp³-hybridized carbons (Fsp3) is 0.517. The van der Waals surface area contributed by atoms with Crippen LogP contribution in [0, 0.1) is 11.8 Å². The maximum Gasteiger partial charge on any atom is 0.306 e. The number of aliphatic hydroxyl groups is 1. The maximum atomic E-state index is 12.2. The Hall–Kier alpha value is -2.13. The summed E-state index contributed by atoms with van der Waals surface area (Å²) in [6, 6.07) is 14.3. The summed E-state index contributed by atoms with van der Waals surface area (Å²) in [5.74, 6) is 0.218. The van der Waals surface area contributed by atoms with Crippen molar-refractivity contribution in [2.75, 3.05) is 18.8 Å². The monoisotopic (exact) mass is 543 g/mol. The fourth-order valence-corrected chi connectivity index (χ4v) is 5.66. The summed E-state index contributed by atoms with van der Waals surface area (Å²) in [5.41, 5.74) is 8.64. The summed E-state index contributed by atoms with van der Waals surface area (Å²) in [6.45, 7) is 9.10. The highest BCUT2D eigenvalue weighted by Gasteiger charge is 2.22. The Morgan fingerprint density at radius 2 is 1.92 bits per heavy atom. The number of nitrogen functional groups attached to an aromatic ring is 1. The Morgan fingerprint density at radius 3 is 2.62 bits per heavy atom. The minimum absolute atomic E-state index is 0.0502. The number of thiol groups is 1. The summed E-state index contributed by atoms with van der Waals surface area (Å²) in [7, 11) is 0. The highest BCUT2D eigenvalue weighted by Crippen LogP contribution is 2.30. The molecule has 3 aromatic rings. The van der Waals surface area contributed by atoms with Gasteiger partial charge in [-0.25, -0.2) is 4.98 Å². The van der Waals surface area contributed by atoms with Gasteiger partial charge in [0.15, 0.2) is 5.13 Å². The molecule has 8 heteroatoms. The molecule has 0 aliphatic heterocycles. The first-order valence-corrected chi connectivity index (χ1v) is 14.3. The molecule has 1 unspecified atom stereocenters. The smallest absolute Gasteiger partial charge is 0.306 e. The molecule has 6 nitrogen and oxygen atoms in total. The van der Waals surface area contributed by atoms with Crippen LogP contribution >= 0.6 is 24.0 Å². The van der Waals surface area contributed by atoms with Crippen LogP contribution in [-0.2, 0) is 22.4 Å². The lowest BCUT2D eigenvalue weighted by Gasteiger charge is -2.25. The van der Waals surface area contributed by atoms with Crippen LogP contribution in [0.5, 0.6) is 0 Å². The van der Waals surface area contributed by atoms with Crippen molar-refractivity contribution in [3.63, 3.8) is 0 Å². The molecule has 0 fully saturated rings. The van der Waals surface area contributed by atoms with Crippen LogP contribution in [0.3, 0.4) is 0 Å². The number of anilines is 1. The number of hydrogen-bond acceptors (Lipinski definition) is 8. The molecule has 3 atom stereocenters. The van der Waals surface area contributed by atoms with Crippen LogP contribution in [0.25, 0.3) is 10.2 Å². The molecule has 1 aromatic heterocycles. The van der Waals surface area contributed by atoms with Crippen LogP contribution in [0.2, 0.25) is 0 Å². The van der Waals surface area contributed by atoms with Crippen molar-refractivity contribution in [2.45, 2.75) is 76.4 Å². The molecule has 2 aromatic carbocycles. The van der Waals surface area contributed by atoms with E-state index in [2.05, 4.69) is 48.1 Å². The van der Waals surface area contributed by atoms with E-state index in [0.717, 1.165) is 46.5 Å². The van der Waals surface area contributed by atoms with E-state index in [4.69, 9.17) is 10.5 Å². The predicted molar refractivity (Wildman–Crippen MR) is 156 cm³/mol. The quantitative estimate of drug-likeness (QED) is 0.164. The molecule has 0 saturated carbocycles. The average Bonchev–Trinajstić information content (AvgIpc) is 3.16. The average molecular weight is 544 g/mol.